The van der Waals surface area contributed by atoms with Gasteiger partial charge in [-0.2, -0.15) is 0 Å². The minimum absolute atomic E-state index is 0.109. The van der Waals surface area contributed by atoms with Gasteiger partial charge < -0.3 is 9.84 Å². The topological polar surface area (TPSA) is 103 Å². The van der Waals surface area contributed by atoms with E-state index in [9.17, 15) is 14.9 Å². The second-order valence-electron chi connectivity index (χ2n) is 4.02. The lowest BCUT2D eigenvalue weighted by molar-refractivity contribution is -0.385. The van der Waals surface area contributed by atoms with Gasteiger partial charge in [0, 0.05) is 10.5 Å². The molecule has 0 aliphatic carbocycles. The van der Waals surface area contributed by atoms with Gasteiger partial charge in [-0.25, -0.2) is 9.78 Å². The van der Waals surface area contributed by atoms with E-state index in [1.807, 2.05) is 12.1 Å². The Morgan fingerprint density at radius 1 is 1.38 bits per heavy atom. The number of nitrogens with zero attached hydrogens (tertiary/aromatic N) is 2. The molecule has 0 unspecified atom stereocenters. The Kier molecular flexibility index (Phi) is 4.49. The summed E-state index contributed by atoms with van der Waals surface area (Å²) in [7, 11) is 0. The molecule has 1 aromatic heterocycles. The van der Waals surface area contributed by atoms with Crippen molar-refractivity contribution in [1.82, 2.24) is 4.98 Å². The summed E-state index contributed by atoms with van der Waals surface area (Å²) in [6.45, 7) is 0.109. The first-order valence-corrected chi connectivity index (χ1v) is 6.51. The number of carbonyl (C=O) groups is 1. The van der Waals surface area contributed by atoms with E-state index in [1.54, 1.807) is 12.1 Å². The number of ether oxygens (including phenoxy) is 1. The molecule has 1 heterocycles. The van der Waals surface area contributed by atoms with E-state index in [0.717, 1.165) is 22.3 Å². The van der Waals surface area contributed by atoms with E-state index in [-0.39, 0.29) is 18.1 Å². The lowest BCUT2D eigenvalue weighted by atomic mass is 10.2. The average molecular weight is 353 g/mol. The average Bonchev–Trinajstić information content (AvgIpc) is 2.46. The molecule has 8 heteroatoms. The van der Waals surface area contributed by atoms with Crippen molar-refractivity contribution in [1.29, 1.82) is 0 Å². The lowest BCUT2D eigenvalue weighted by Gasteiger charge is -2.08. The summed E-state index contributed by atoms with van der Waals surface area (Å²) < 4.78 is 6.24. The number of aromatic carboxylic acids is 1. The van der Waals surface area contributed by atoms with E-state index in [2.05, 4.69) is 20.9 Å². The maximum atomic E-state index is 11.1. The Bertz CT molecular complexity index is 687. The predicted molar refractivity (Wildman–Crippen MR) is 76.3 cm³/mol. The number of halogens is 1. The summed E-state index contributed by atoms with van der Waals surface area (Å²) in [6.07, 6.45) is 0.962. The number of aromatic nitrogens is 1. The molecule has 0 aliphatic heterocycles. The summed E-state index contributed by atoms with van der Waals surface area (Å²) in [5, 5.41) is 19.7. The van der Waals surface area contributed by atoms with Crippen molar-refractivity contribution in [3.8, 4) is 5.88 Å². The zero-order chi connectivity index (χ0) is 15.4. The van der Waals surface area contributed by atoms with Gasteiger partial charge in [0.05, 0.1) is 4.92 Å². The number of hydrogen-bond acceptors (Lipinski definition) is 5. The highest BCUT2D eigenvalue weighted by atomic mass is 79.9. The molecule has 0 saturated carbocycles. The minimum atomic E-state index is -1.34. The third-order valence-corrected chi connectivity index (χ3v) is 3.10. The van der Waals surface area contributed by atoms with Gasteiger partial charge in [-0.3, -0.25) is 10.1 Å². The first-order chi connectivity index (χ1) is 9.97. The second kappa shape index (κ2) is 6.31. The molecule has 0 bridgehead atoms. The van der Waals surface area contributed by atoms with Crippen molar-refractivity contribution in [2.45, 2.75) is 6.61 Å². The fourth-order valence-electron chi connectivity index (χ4n) is 1.54. The largest absolute Gasteiger partial charge is 0.477 e. The van der Waals surface area contributed by atoms with Crippen LogP contribution in [0.1, 0.15) is 15.9 Å². The first-order valence-electron chi connectivity index (χ1n) is 5.72. The van der Waals surface area contributed by atoms with Gasteiger partial charge in [-0.15, -0.1) is 0 Å². The minimum Gasteiger partial charge on any atom is -0.477 e. The quantitative estimate of drug-likeness (QED) is 0.655. The van der Waals surface area contributed by atoms with E-state index in [4.69, 9.17) is 9.84 Å². The zero-order valence-electron chi connectivity index (χ0n) is 10.5. The summed E-state index contributed by atoms with van der Waals surface area (Å²) in [6, 6.07) is 8.16. The standard InChI is InChI=1S/C13H9BrN2O5/c14-9-3-1-8(2-4-9)7-21-12-11(13(17)18)5-10(6-15-12)16(19)20/h1-6H,7H2,(H,17,18). The van der Waals surface area contributed by atoms with Crippen molar-refractivity contribution in [2.24, 2.45) is 0 Å². The van der Waals surface area contributed by atoms with E-state index < -0.39 is 16.6 Å². The van der Waals surface area contributed by atoms with Crippen LogP contribution in [0.2, 0.25) is 0 Å². The summed E-state index contributed by atoms with van der Waals surface area (Å²) in [4.78, 5) is 24.7. The van der Waals surface area contributed by atoms with E-state index >= 15 is 0 Å². The Labute approximate surface area is 127 Å². The number of pyridine rings is 1. The van der Waals surface area contributed by atoms with Crippen LogP contribution in [0.25, 0.3) is 0 Å². The van der Waals surface area contributed by atoms with Gasteiger partial charge in [0.25, 0.3) is 5.69 Å². The van der Waals surface area contributed by atoms with Crippen molar-refractivity contribution < 1.29 is 19.6 Å². The number of rotatable bonds is 5. The van der Waals surface area contributed by atoms with E-state index in [1.165, 1.54) is 0 Å². The molecule has 108 valence electrons. The SMILES string of the molecule is O=C(O)c1cc([N+](=O)[O-])cnc1OCc1ccc(Br)cc1. The molecule has 2 aromatic rings. The van der Waals surface area contributed by atoms with Crippen LogP contribution in [0.3, 0.4) is 0 Å². The second-order valence-corrected chi connectivity index (χ2v) is 4.94. The van der Waals surface area contributed by atoms with Crippen molar-refractivity contribution >= 4 is 27.6 Å². The Balaban J connectivity index is 2.21. The van der Waals surface area contributed by atoms with Crippen LogP contribution in [-0.2, 0) is 6.61 Å². The summed E-state index contributed by atoms with van der Waals surface area (Å²) >= 11 is 3.30. The molecule has 0 atom stereocenters. The zero-order valence-corrected chi connectivity index (χ0v) is 12.1. The van der Waals surface area contributed by atoms with Crippen molar-refractivity contribution in [2.75, 3.05) is 0 Å². The Morgan fingerprint density at radius 2 is 2.05 bits per heavy atom. The van der Waals surface area contributed by atoms with Crippen LogP contribution in [0.4, 0.5) is 5.69 Å². The molecule has 0 fully saturated rings. The third kappa shape index (κ3) is 3.76. The highest BCUT2D eigenvalue weighted by molar-refractivity contribution is 9.10. The highest BCUT2D eigenvalue weighted by Gasteiger charge is 2.18. The van der Waals surface area contributed by atoms with Crippen LogP contribution in [0, 0.1) is 10.1 Å². The molecular weight excluding hydrogens is 344 g/mol. The van der Waals surface area contributed by atoms with E-state index in [0.29, 0.717) is 0 Å². The normalized spacial score (nSPS) is 10.1. The molecular formula is C13H9BrN2O5. The molecule has 7 nitrogen and oxygen atoms in total. The van der Waals surface area contributed by atoms with Gasteiger partial charge in [-0.1, -0.05) is 28.1 Å². The van der Waals surface area contributed by atoms with Crippen molar-refractivity contribution in [3.63, 3.8) is 0 Å². The predicted octanol–water partition coefficient (Wildman–Crippen LogP) is 3.03. The Morgan fingerprint density at radius 3 is 2.62 bits per heavy atom. The van der Waals surface area contributed by atoms with Crippen LogP contribution in [0.15, 0.2) is 41.0 Å². The van der Waals surface area contributed by atoms with Gasteiger partial charge in [0.2, 0.25) is 5.88 Å². The number of carboxylic acid groups (broad SMARTS) is 1. The van der Waals surface area contributed by atoms with Crippen molar-refractivity contribution in [3.05, 3.63) is 62.2 Å². The number of carboxylic acids is 1. The summed E-state index contributed by atoms with van der Waals surface area (Å²) in [5.41, 5.74) is 0.0689. The first kappa shape index (κ1) is 14.9. The molecule has 0 spiro atoms. The molecule has 0 radical (unpaired) electrons. The lowest BCUT2D eigenvalue weighted by Crippen LogP contribution is -2.06. The maximum Gasteiger partial charge on any atom is 0.341 e. The number of nitro groups is 1. The monoisotopic (exact) mass is 352 g/mol. The molecule has 2 rings (SSSR count). The third-order valence-electron chi connectivity index (χ3n) is 2.57. The Hall–Kier alpha value is -2.48. The molecule has 1 N–H and O–H groups in total. The molecule has 0 saturated heterocycles. The maximum absolute atomic E-state index is 11.1. The smallest absolute Gasteiger partial charge is 0.341 e. The fourth-order valence-corrected chi connectivity index (χ4v) is 1.81. The number of hydrogen-bond donors (Lipinski definition) is 1. The molecule has 0 amide bonds. The fraction of sp³-hybridized carbons (Fsp3) is 0.0769. The molecule has 1 aromatic carbocycles. The van der Waals surface area contributed by atoms with Gasteiger partial charge in [0.15, 0.2) is 0 Å². The molecule has 0 aliphatic rings. The van der Waals surface area contributed by atoms with Crippen LogP contribution < -0.4 is 4.74 Å². The van der Waals surface area contributed by atoms with Crippen LogP contribution in [0.5, 0.6) is 5.88 Å². The van der Waals surface area contributed by atoms with Crippen LogP contribution >= 0.6 is 15.9 Å². The van der Waals surface area contributed by atoms with Gasteiger partial charge >= 0.3 is 5.97 Å². The highest BCUT2D eigenvalue weighted by Crippen LogP contribution is 2.22. The van der Waals surface area contributed by atoms with Gasteiger partial charge in [0.1, 0.15) is 18.4 Å². The number of benzene rings is 1. The van der Waals surface area contributed by atoms with Gasteiger partial charge in [-0.05, 0) is 17.7 Å². The van der Waals surface area contributed by atoms with Crippen LogP contribution in [-0.4, -0.2) is 21.0 Å². The molecule has 21 heavy (non-hydrogen) atoms. The summed E-state index contributed by atoms with van der Waals surface area (Å²) in [5.74, 6) is -1.49.